The van der Waals surface area contributed by atoms with Gasteiger partial charge in [-0.1, -0.05) is 38.6 Å². The molecule has 188 valence electrons. The summed E-state index contributed by atoms with van der Waals surface area (Å²) in [5.41, 5.74) is 8.15. The van der Waals surface area contributed by atoms with Crippen molar-refractivity contribution in [3.63, 3.8) is 0 Å². The number of H-pyrrole nitrogens is 2. The Morgan fingerprint density at radius 3 is 2.71 bits per heavy atom. The summed E-state index contributed by atoms with van der Waals surface area (Å²) >= 11 is 0. The van der Waals surface area contributed by atoms with Gasteiger partial charge >= 0.3 is 0 Å². The number of benzene rings is 2. The van der Waals surface area contributed by atoms with E-state index in [0.717, 1.165) is 45.4 Å². The Morgan fingerprint density at radius 2 is 1.87 bits per heavy atom. The lowest BCUT2D eigenvalue weighted by Gasteiger charge is -2.12. The molecule has 4 aromatic heterocycles. The van der Waals surface area contributed by atoms with E-state index in [-0.39, 0.29) is 5.82 Å². The van der Waals surface area contributed by atoms with Gasteiger partial charge in [0.1, 0.15) is 17.0 Å². The molecule has 0 saturated heterocycles. The number of nitrogens with zero attached hydrogens (tertiary/aromatic N) is 4. The fraction of sp³-hybridized carbons (Fsp3) is 0.133. The van der Waals surface area contributed by atoms with E-state index in [1.165, 1.54) is 12.1 Å². The molecule has 0 radical (unpaired) electrons. The number of aromatic nitrogens is 6. The van der Waals surface area contributed by atoms with Crippen molar-refractivity contribution in [1.29, 1.82) is 0 Å². The van der Waals surface area contributed by atoms with Crippen LogP contribution in [0.5, 0.6) is 0 Å². The van der Waals surface area contributed by atoms with Crippen LogP contribution in [-0.2, 0) is 0 Å². The molecular formula is C30H26FN7. The number of allylic oxidation sites excluding steroid dienone is 1. The second-order valence-electron chi connectivity index (χ2n) is 9.77. The van der Waals surface area contributed by atoms with Gasteiger partial charge in [0.15, 0.2) is 5.82 Å². The van der Waals surface area contributed by atoms with Crippen molar-refractivity contribution in [2.75, 3.05) is 5.32 Å². The van der Waals surface area contributed by atoms with Gasteiger partial charge in [-0.2, -0.15) is 5.10 Å². The summed E-state index contributed by atoms with van der Waals surface area (Å²) in [6.07, 6.45) is 6.22. The summed E-state index contributed by atoms with van der Waals surface area (Å²) in [6, 6.07) is 16.4. The molecule has 8 heteroatoms. The first-order valence-corrected chi connectivity index (χ1v) is 12.4. The summed E-state index contributed by atoms with van der Waals surface area (Å²) in [7, 11) is 0. The maximum Gasteiger partial charge on any atom is 0.159 e. The molecule has 0 unspecified atom stereocenters. The predicted molar refractivity (Wildman–Crippen MR) is 150 cm³/mol. The van der Waals surface area contributed by atoms with Crippen LogP contribution in [0.25, 0.3) is 55.8 Å². The summed E-state index contributed by atoms with van der Waals surface area (Å²) in [5, 5.41) is 12.0. The van der Waals surface area contributed by atoms with Crippen LogP contribution in [0.2, 0.25) is 0 Å². The molecule has 0 amide bonds. The van der Waals surface area contributed by atoms with E-state index in [0.29, 0.717) is 34.2 Å². The van der Waals surface area contributed by atoms with Gasteiger partial charge in [0, 0.05) is 34.6 Å². The summed E-state index contributed by atoms with van der Waals surface area (Å²) < 4.78 is 13.9. The number of hydrogen-bond donors (Lipinski definition) is 3. The first-order valence-electron chi connectivity index (χ1n) is 12.4. The van der Waals surface area contributed by atoms with Gasteiger partial charge in [-0.3, -0.25) is 15.1 Å². The maximum absolute atomic E-state index is 13.9. The van der Waals surface area contributed by atoms with E-state index in [1.807, 2.05) is 30.5 Å². The maximum atomic E-state index is 13.9. The van der Waals surface area contributed by atoms with Gasteiger partial charge in [-0.25, -0.2) is 9.37 Å². The molecule has 7 nitrogen and oxygen atoms in total. The van der Waals surface area contributed by atoms with E-state index in [2.05, 4.69) is 63.0 Å². The summed E-state index contributed by atoms with van der Waals surface area (Å²) in [4.78, 5) is 17.1. The average Bonchev–Trinajstić information content (AvgIpc) is 3.52. The van der Waals surface area contributed by atoms with Crippen molar-refractivity contribution in [2.45, 2.75) is 20.3 Å². The van der Waals surface area contributed by atoms with Crippen LogP contribution in [0.15, 0.2) is 85.5 Å². The number of rotatable bonds is 7. The van der Waals surface area contributed by atoms with Crippen LogP contribution >= 0.6 is 0 Å². The molecule has 0 bridgehead atoms. The second-order valence-corrected chi connectivity index (χ2v) is 9.77. The van der Waals surface area contributed by atoms with Gasteiger partial charge < -0.3 is 10.3 Å². The third-order valence-electron chi connectivity index (χ3n) is 6.33. The minimum absolute atomic E-state index is 0.319. The van der Waals surface area contributed by atoms with Gasteiger partial charge in [-0.05, 0) is 54.3 Å². The van der Waals surface area contributed by atoms with Crippen molar-refractivity contribution < 1.29 is 4.39 Å². The van der Waals surface area contributed by atoms with Crippen molar-refractivity contribution in [1.82, 2.24) is 30.1 Å². The highest BCUT2D eigenvalue weighted by Crippen LogP contribution is 2.33. The largest absolute Gasteiger partial charge is 0.358 e. The number of imidazole rings is 1. The third kappa shape index (κ3) is 4.52. The number of aromatic amines is 2. The Hall–Kier alpha value is -4.85. The van der Waals surface area contributed by atoms with Crippen molar-refractivity contribution >= 4 is 27.6 Å². The number of pyridine rings is 2. The Bertz CT molecular complexity index is 1800. The highest BCUT2D eigenvalue weighted by atomic mass is 19.1. The lowest BCUT2D eigenvalue weighted by atomic mass is 10.0. The number of nitrogens with one attached hydrogen (secondary N) is 3. The van der Waals surface area contributed by atoms with Crippen LogP contribution in [0.3, 0.4) is 0 Å². The summed E-state index contributed by atoms with van der Waals surface area (Å²) in [5.74, 6) is 0.806. The molecule has 0 spiro atoms. The smallest absolute Gasteiger partial charge is 0.159 e. The monoisotopic (exact) mass is 503 g/mol. The van der Waals surface area contributed by atoms with Gasteiger partial charge in [0.25, 0.3) is 0 Å². The highest BCUT2D eigenvalue weighted by Gasteiger charge is 2.17. The number of hydrogen-bond acceptors (Lipinski definition) is 5. The van der Waals surface area contributed by atoms with Crippen molar-refractivity contribution in [3.8, 4) is 33.9 Å². The number of anilines is 1. The molecule has 6 aromatic rings. The lowest BCUT2D eigenvalue weighted by Crippen LogP contribution is -2.02. The number of fused-ring (bicyclic) bond motifs is 2. The summed E-state index contributed by atoms with van der Waals surface area (Å²) in [6.45, 7) is 8.47. The molecule has 2 aromatic carbocycles. The van der Waals surface area contributed by atoms with Crippen LogP contribution < -0.4 is 5.32 Å². The van der Waals surface area contributed by atoms with Crippen LogP contribution in [-0.4, -0.2) is 30.1 Å². The molecule has 6 rings (SSSR count). The number of halogens is 1. The zero-order valence-corrected chi connectivity index (χ0v) is 21.1. The van der Waals surface area contributed by atoms with Gasteiger partial charge in [-0.15, -0.1) is 0 Å². The first-order chi connectivity index (χ1) is 18.4. The molecule has 4 heterocycles. The van der Waals surface area contributed by atoms with Crippen molar-refractivity contribution in [3.05, 3.63) is 91.3 Å². The van der Waals surface area contributed by atoms with E-state index in [1.54, 1.807) is 18.5 Å². The first kappa shape index (κ1) is 23.5. The fourth-order valence-corrected chi connectivity index (χ4v) is 4.68. The van der Waals surface area contributed by atoms with E-state index < -0.39 is 0 Å². The average molecular weight is 504 g/mol. The lowest BCUT2D eigenvalue weighted by molar-refractivity contribution is 0.628. The topological polar surface area (TPSA) is 95.2 Å². The van der Waals surface area contributed by atoms with E-state index in [9.17, 15) is 4.39 Å². The second kappa shape index (κ2) is 9.55. The molecule has 0 aliphatic rings. The molecule has 0 aliphatic heterocycles. The Kier molecular flexibility index (Phi) is 5.92. The standard InChI is InChI=1S/C30H26FN7/c1-17(2)11-18(3)34-23-13-21(15-32-16-23)19-7-8-25-24(14-19)28(38-37-25)30-35-26-9-10-33-27(29(26)36-30)20-5-4-6-22(31)12-20/h4-10,12-17,34H,3,11H2,1-2H3,(H,35,36)(H,37,38). The molecule has 0 fully saturated rings. The van der Waals surface area contributed by atoms with E-state index in [4.69, 9.17) is 4.98 Å². The molecule has 0 saturated carbocycles. The quantitative estimate of drug-likeness (QED) is 0.212. The van der Waals surface area contributed by atoms with Crippen LogP contribution in [0.4, 0.5) is 10.1 Å². The third-order valence-corrected chi connectivity index (χ3v) is 6.33. The fourth-order valence-electron chi connectivity index (χ4n) is 4.68. The molecular weight excluding hydrogens is 477 g/mol. The molecule has 0 aliphatic carbocycles. The van der Waals surface area contributed by atoms with Gasteiger partial charge in [0.2, 0.25) is 0 Å². The minimum Gasteiger partial charge on any atom is -0.358 e. The Morgan fingerprint density at radius 1 is 0.974 bits per heavy atom. The highest BCUT2D eigenvalue weighted by molar-refractivity contribution is 5.97. The predicted octanol–water partition coefficient (Wildman–Crippen LogP) is 7.34. The molecule has 0 atom stereocenters. The SMILES string of the molecule is C=C(CC(C)C)Nc1cncc(-c2ccc3[nH]nc(-c4nc5c(-c6cccc(F)c6)nccc5[nH]4)c3c2)c1. The van der Waals surface area contributed by atoms with Crippen LogP contribution in [0, 0.1) is 11.7 Å². The normalized spacial score (nSPS) is 11.5. The Labute approximate surface area is 218 Å². The van der Waals surface area contributed by atoms with E-state index >= 15 is 0 Å². The minimum atomic E-state index is -0.319. The van der Waals surface area contributed by atoms with Crippen molar-refractivity contribution in [2.24, 2.45) is 5.92 Å². The zero-order chi connectivity index (χ0) is 26.2. The molecule has 38 heavy (non-hydrogen) atoms. The molecule has 3 N–H and O–H groups in total. The Balaban J connectivity index is 1.38. The van der Waals surface area contributed by atoms with Gasteiger partial charge in [0.05, 0.1) is 28.6 Å². The zero-order valence-electron chi connectivity index (χ0n) is 21.1. The van der Waals surface area contributed by atoms with Crippen LogP contribution in [0.1, 0.15) is 20.3 Å².